The number of hydrogen-bond acceptors (Lipinski definition) is 4. The van der Waals surface area contributed by atoms with E-state index in [0.717, 1.165) is 24.4 Å². The number of furan rings is 1. The minimum atomic E-state index is -3.45. The van der Waals surface area contributed by atoms with Gasteiger partial charge in [0.1, 0.15) is 18.8 Å². The lowest BCUT2D eigenvalue weighted by Gasteiger charge is -2.05. The van der Waals surface area contributed by atoms with E-state index in [9.17, 15) is 8.42 Å². The normalized spacial score (nSPS) is 11.4. The van der Waals surface area contributed by atoms with Crippen LogP contribution in [0.1, 0.15) is 18.2 Å². The Morgan fingerprint density at radius 2 is 1.90 bits per heavy atom. The van der Waals surface area contributed by atoms with Gasteiger partial charge in [-0.15, -0.1) is 0 Å². The topological polar surface area (TPSA) is 73.1 Å². The molecule has 1 aromatic carbocycles. The van der Waals surface area contributed by atoms with Gasteiger partial charge in [-0.2, -0.15) is 8.42 Å². The summed E-state index contributed by atoms with van der Waals surface area (Å²) in [6.45, 7) is 3.12. The Morgan fingerprint density at radius 1 is 1.15 bits per heavy atom. The number of quaternary nitrogens is 1. The third kappa shape index (κ3) is 4.40. The Bertz CT molecular complexity index is 618. The van der Waals surface area contributed by atoms with Crippen molar-refractivity contribution < 1.29 is 22.3 Å². The van der Waals surface area contributed by atoms with Crippen LogP contribution in [-0.4, -0.2) is 14.2 Å². The highest BCUT2D eigenvalue weighted by molar-refractivity contribution is 7.87. The molecule has 0 amide bonds. The number of benzene rings is 1. The summed E-state index contributed by atoms with van der Waals surface area (Å²) >= 11 is 0. The highest BCUT2D eigenvalue weighted by Crippen LogP contribution is 2.14. The predicted octanol–water partition coefficient (Wildman–Crippen LogP) is 1.27. The summed E-state index contributed by atoms with van der Waals surface area (Å²) in [7, 11) is -3.45. The van der Waals surface area contributed by atoms with Crippen molar-refractivity contribution in [2.45, 2.75) is 20.0 Å². The molecule has 2 N–H and O–H groups in total. The molecule has 2 aromatic rings. The highest BCUT2D eigenvalue weighted by Gasteiger charge is 2.09. The van der Waals surface area contributed by atoms with Crippen LogP contribution in [0.15, 0.2) is 47.1 Å². The standard InChI is InChI=1S/C14H17NO4S/c1-2-20(16,17)19-13-7-5-12(6-8-13)10-15-11-14-4-3-9-18-14/h3-9,15H,2,10-11H2,1H3/p+1. The van der Waals surface area contributed by atoms with Gasteiger partial charge in [-0.05, 0) is 43.3 Å². The van der Waals surface area contributed by atoms with Gasteiger partial charge >= 0.3 is 10.1 Å². The molecule has 0 unspecified atom stereocenters. The minimum Gasteiger partial charge on any atom is -0.463 e. The summed E-state index contributed by atoms with van der Waals surface area (Å²) in [6, 6.07) is 10.9. The third-order valence-corrected chi connectivity index (χ3v) is 3.96. The largest absolute Gasteiger partial charge is 0.463 e. The second kappa shape index (κ2) is 6.58. The van der Waals surface area contributed by atoms with E-state index in [1.165, 1.54) is 0 Å². The van der Waals surface area contributed by atoms with Gasteiger partial charge in [0.15, 0.2) is 5.76 Å². The summed E-state index contributed by atoms with van der Waals surface area (Å²) in [5.74, 6) is 1.24. The molecule has 0 fully saturated rings. The van der Waals surface area contributed by atoms with Gasteiger partial charge in [0.2, 0.25) is 0 Å². The fraction of sp³-hybridized carbons (Fsp3) is 0.286. The first kappa shape index (κ1) is 14.6. The van der Waals surface area contributed by atoms with Crippen molar-refractivity contribution >= 4 is 10.1 Å². The van der Waals surface area contributed by atoms with Crippen LogP contribution in [0.2, 0.25) is 0 Å². The molecule has 5 nitrogen and oxygen atoms in total. The molecule has 0 spiro atoms. The SMILES string of the molecule is CCS(=O)(=O)Oc1ccc(C[NH2+]Cc2ccco2)cc1. The molecular formula is C14H18NO4S+. The van der Waals surface area contributed by atoms with Crippen molar-refractivity contribution in [2.75, 3.05) is 5.75 Å². The molecule has 0 bridgehead atoms. The van der Waals surface area contributed by atoms with Gasteiger partial charge in [0.05, 0.1) is 12.0 Å². The Labute approximate surface area is 118 Å². The van der Waals surface area contributed by atoms with E-state index in [1.807, 2.05) is 24.3 Å². The molecule has 6 heteroatoms. The molecule has 0 aliphatic carbocycles. The first-order chi connectivity index (χ1) is 9.59. The van der Waals surface area contributed by atoms with E-state index < -0.39 is 10.1 Å². The van der Waals surface area contributed by atoms with Crippen LogP contribution >= 0.6 is 0 Å². The van der Waals surface area contributed by atoms with Crippen molar-refractivity contribution in [2.24, 2.45) is 0 Å². The summed E-state index contributed by atoms with van der Waals surface area (Å²) in [5, 5.41) is 2.11. The minimum absolute atomic E-state index is 0.0360. The Kier molecular flexibility index (Phi) is 4.81. The van der Waals surface area contributed by atoms with Crippen molar-refractivity contribution in [3.8, 4) is 5.75 Å². The molecule has 0 radical (unpaired) electrons. The van der Waals surface area contributed by atoms with E-state index in [-0.39, 0.29) is 5.75 Å². The van der Waals surface area contributed by atoms with Crippen LogP contribution in [0.4, 0.5) is 0 Å². The smallest absolute Gasteiger partial charge is 0.308 e. The van der Waals surface area contributed by atoms with E-state index >= 15 is 0 Å². The third-order valence-electron chi connectivity index (χ3n) is 2.81. The molecular weight excluding hydrogens is 278 g/mol. The molecule has 1 heterocycles. The van der Waals surface area contributed by atoms with Gasteiger partial charge in [-0.3, -0.25) is 0 Å². The Morgan fingerprint density at radius 3 is 2.50 bits per heavy atom. The van der Waals surface area contributed by atoms with Crippen molar-refractivity contribution in [1.29, 1.82) is 0 Å². The lowest BCUT2D eigenvalue weighted by molar-refractivity contribution is -0.687. The lowest BCUT2D eigenvalue weighted by atomic mass is 10.2. The van der Waals surface area contributed by atoms with Crippen LogP contribution in [-0.2, 0) is 23.2 Å². The quantitative estimate of drug-likeness (QED) is 0.781. The van der Waals surface area contributed by atoms with Crippen LogP contribution in [0, 0.1) is 0 Å². The summed E-state index contributed by atoms with van der Waals surface area (Å²) in [5.41, 5.74) is 1.10. The monoisotopic (exact) mass is 296 g/mol. The average molecular weight is 296 g/mol. The van der Waals surface area contributed by atoms with Crippen LogP contribution in [0.5, 0.6) is 5.75 Å². The van der Waals surface area contributed by atoms with Crippen molar-refractivity contribution in [3.63, 3.8) is 0 Å². The molecule has 0 saturated carbocycles. The Hall–Kier alpha value is -1.79. The second-order valence-corrected chi connectivity index (χ2v) is 6.21. The number of nitrogens with two attached hydrogens (primary N) is 1. The van der Waals surface area contributed by atoms with Gasteiger partial charge in [0, 0.05) is 5.56 Å². The Balaban J connectivity index is 1.85. The van der Waals surface area contributed by atoms with E-state index in [4.69, 9.17) is 8.60 Å². The van der Waals surface area contributed by atoms with Gasteiger partial charge in [0.25, 0.3) is 0 Å². The fourth-order valence-electron chi connectivity index (χ4n) is 1.70. The van der Waals surface area contributed by atoms with Gasteiger partial charge in [-0.25, -0.2) is 0 Å². The summed E-state index contributed by atoms with van der Waals surface area (Å²) in [4.78, 5) is 0. The zero-order valence-electron chi connectivity index (χ0n) is 11.3. The molecule has 0 aliphatic heterocycles. The molecule has 20 heavy (non-hydrogen) atoms. The lowest BCUT2D eigenvalue weighted by Crippen LogP contribution is -2.80. The maximum Gasteiger partial charge on any atom is 0.308 e. The zero-order valence-corrected chi connectivity index (χ0v) is 12.1. The van der Waals surface area contributed by atoms with Gasteiger partial charge < -0.3 is 13.9 Å². The number of hydrogen-bond donors (Lipinski definition) is 1. The van der Waals surface area contributed by atoms with Crippen LogP contribution in [0.3, 0.4) is 0 Å². The van der Waals surface area contributed by atoms with Gasteiger partial charge in [-0.1, -0.05) is 0 Å². The van der Waals surface area contributed by atoms with E-state index in [2.05, 4.69) is 5.32 Å². The van der Waals surface area contributed by atoms with Crippen LogP contribution in [0.25, 0.3) is 0 Å². The zero-order chi connectivity index (χ0) is 14.4. The molecule has 2 rings (SSSR count). The molecule has 0 atom stereocenters. The van der Waals surface area contributed by atoms with E-state index in [1.54, 1.807) is 25.3 Å². The number of rotatable bonds is 7. The molecule has 0 saturated heterocycles. The molecule has 108 valence electrons. The van der Waals surface area contributed by atoms with Crippen molar-refractivity contribution in [3.05, 3.63) is 54.0 Å². The second-order valence-electron chi connectivity index (χ2n) is 4.35. The highest BCUT2D eigenvalue weighted by atomic mass is 32.2. The summed E-state index contributed by atoms with van der Waals surface area (Å²) < 4.78 is 32.8. The maximum atomic E-state index is 11.3. The first-order valence-electron chi connectivity index (χ1n) is 6.44. The van der Waals surface area contributed by atoms with E-state index in [0.29, 0.717) is 5.75 Å². The molecule has 0 aliphatic rings. The van der Waals surface area contributed by atoms with Crippen LogP contribution < -0.4 is 9.50 Å². The van der Waals surface area contributed by atoms with Crippen molar-refractivity contribution in [1.82, 2.24) is 0 Å². The predicted molar refractivity (Wildman–Crippen MR) is 74.6 cm³/mol. The maximum absolute atomic E-state index is 11.3. The fourth-order valence-corrected chi connectivity index (χ4v) is 2.22. The summed E-state index contributed by atoms with van der Waals surface area (Å²) in [6.07, 6.45) is 1.66. The average Bonchev–Trinajstić information content (AvgIpc) is 2.94. The first-order valence-corrected chi connectivity index (χ1v) is 8.02. The molecule has 1 aromatic heterocycles.